The summed E-state index contributed by atoms with van der Waals surface area (Å²) in [4.78, 5) is 15.4. The molecule has 0 saturated heterocycles. The average Bonchev–Trinajstić information content (AvgIpc) is 2.25. The SMILES string of the molecule is C#CCCCC(=O)Nc1nccc(Br)c1Cl. The predicted octanol–water partition coefficient (Wildman–Crippen LogP) is 3.24. The maximum absolute atomic E-state index is 11.5. The molecule has 3 nitrogen and oxygen atoms in total. The maximum Gasteiger partial charge on any atom is 0.225 e. The highest BCUT2D eigenvalue weighted by atomic mass is 79.9. The Morgan fingerprint density at radius 2 is 2.44 bits per heavy atom. The van der Waals surface area contributed by atoms with Crippen molar-refractivity contribution in [3.63, 3.8) is 0 Å². The van der Waals surface area contributed by atoms with E-state index >= 15 is 0 Å². The topological polar surface area (TPSA) is 42.0 Å². The van der Waals surface area contributed by atoms with Gasteiger partial charge in [0.05, 0.1) is 5.02 Å². The standard InChI is InChI=1S/C11H10BrClN2O/c1-2-3-4-5-9(16)15-11-10(13)8(12)6-7-14-11/h1,6-7H,3-5H2,(H,14,15,16). The van der Waals surface area contributed by atoms with Crippen LogP contribution in [0.5, 0.6) is 0 Å². The van der Waals surface area contributed by atoms with Crippen molar-refractivity contribution in [3.8, 4) is 12.3 Å². The number of anilines is 1. The van der Waals surface area contributed by atoms with E-state index in [1.54, 1.807) is 12.3 Å². The molecule has 1 rings (SSSR count). The van der Waals surface area contributed by atoms with E-state index < -0.39 is 0 Å². The third kappa shape index (κ3) is 3.84. The second-order valence-electron chi connectivity index (χ2n) is 3.06. The van der Waals surface area contributed by atoms with Crippen LogP contribution in [0.1, 0.15) is 19.3 Å². The smallest absolute Gasteiger partial charge is 0.225 e. The molecule has 0 aromatic carbocycles. The maximum atomic E-state index is 11.5. The van der Waals surface area contributed by atoms with Gasteiger partial charge >= 0.3 is 0 Å². The summed E-state index contributed by atoms with van der Waals surface area (Å²) in [7, 11) is 0. The third-order valence-corrected chi connectivity index (χ3v) is 3.10. The summed E-state index contributed by atoms with van der Waals surface area (Å²) in [6.45, 7) is 0. The minimum absolute atomic E-state index is 0.136. The number of pyridine rings is 1. The molecule has 84 valence electrons. The fourth-order valence-electron chi connectivity index (χ4n) is 1.05. The minimum Gasteiger partial charge on any atom is -0.309 e. The zero-order valence-corrected chi connectivity index (χ0v) is 10.8. The summed E-state index contributed by atoms with van der Waals surface area (Å²) >= 11 is 9.19. The van der Waals surface area contributed by atoms with Crippen molar-refractivity contribution in [2.45, 2.75) is 19.3 Å². The molecule has 16 heavy (non-hydrogen) atoms. The zero-order valence-electron chi connectivity index (χ0n) is 8.46. The summed E-state index contributed by atoms with van der Waals surface area (Å²) < 4.78 is 0.697. The molecule has 0 aliphatic rings. The van der Waals surface area contributed by atoms with Gasteiger partial charge in [0.2, 0.25) is 5.91 Å². The van der Waals surface area contributed by atoms with Crippen LogP contribution >= 0.6 is 27.5 Å². The lowest BCUT2D eigenvalue weighted by molar-refractivity contribution is -0.116. The van der Waals surface area contributed by atoms with Crippen LogP contribution in [0.25, 0.3) is 0 Å². The molecule has 0 spiro atoms. The second-order valence-corrected chi connectivity index (χ2v) is 4.29. The monoisotopic (exact) mass is 300 g/mol. The normalized spacial score (nSPS) is 9.56. The number of halogens is 2. The Bertz CT molecular complexity index is 428. The van der Waals surface area contributed by atoms with E-state index in [0.717, 1.165) is 0 Å². The van der Waals surface area contributed by atoms with Gasteiger partial charge in [-0.1, -0.05) is 11.6 Å². The van der Waals surface area contributed by atoms with Gasteiger partial charge < -0.3 is 5.32 Å². The number of terminal acetylenes is 1. The van der Waals surface area contributed by atoms with Gasteiger partial charge in [0.15, 0.2) is 5.82 Å². The molecule has 0 aliphatic heterocycles. The largest absolute Gasteiger partial charge is 0.309 e. The number of nitrogens with one attached hydrogen (secondary N) is 1. The Balaban J connectivity index is 2.57. The number of nitrogens with zero attached hydrogens (tertiary/aromatic N) is 1. The summed E-state index contributed by atoms with van der Waals surface area (Å²) in [5, 5.41) is 3.03. The van der Waals surface area contributed by atoms with Crippen molar-refractivity contribution in [1.29, 1.82) is 0 Å². The quantitative estimate of drug-likeness (QED) is 0.685. The average molecular weight is 302 g/mol. The molecule has 1 heterocycles. The van der Waals surface area contributed by atoms with Crippen molar-refractivity contribution in [2.24, 2.45) is 0 Å². The summed E-state index contributed by atoms with van der Waals surface area (Å²) in [5.41, 5.74) is 0. The number of hydrogen-bond donors (Lipinski definition) is 1. The van der Waals surface area contributed by atoms with Crippen LogP contribution in [0.2, 0.25) is 5.02 Å². The minimum atomic E-state index is -0.136. The Morgan fingerprint density at radius 1 is 1.69 bits per heavy atom. The highest BCUT2D eigenvalue weighted by molar-refractivity contribution is 9.10. The van der Waals surface area contributed by atoms with Crippen LogP contribution in [-0.2, 0) is 4.79 Å². The number of hydrogen-bond acceptors (Lipinski definition) is 2. The summed E-state index contributed by atoms with van der Waals surface area (Å²) in [6, 6.07) is 1.70. The molecule has 0 saturated carbocycles. The fraction of sp³-hybridized carbons (Fsp3) is 0.273. The van der Waals surface area contributed by atoms with Gasteiger partial charge in [-0.15, -0.1) is 12.3 Å². The Morgan fingerprint density at radius 3 is 3.12 bits per heavy atom. The number of rotatable bonds is 4. The lowest BCUT2D eigenvalue weighted by atomic mass is 10.2. The van der Waals surface area contributed by atoms with Crippen molar-refractivity contribution in [1.82, 2.24) is 4.98 Å². The number of carbonyl (C=O) groups excluding carboxylic acids is 1. The molecule has 1 aromatic heterocycles. The molecule has 5 heteroatoms. The first-order chi connectivity index (χ1) is 7.65. The number of carbonyl (C=O) groups is 1. The zero-order chi connectivity index (χ0) is 12.0. The van der Waals surface area contributed by atoms with E-state index in [1.165, 1.54) is 0 Å². The van der Waals surface area contributed by atoms with Crippen molar-refractivity contribution >= 4 is 39.3 Å². The van der Waals surface area contributed by atoms with Gasteiger partial charge in [0, 0.05) is 23.5 Å². The lowest BCUT2D eigenvalue weighted by Gasteiger charge is -2.06. The molecular weight excluding hydrogens is 291 g/mol. The number of unbranched alkanes of at least 4 members (excludes halogenated alkanes) is 1. The fourth-order valence-corrected chi connectivity index (χ4v) is 1.52. The summed E-state index contributed by atoms with van der Waals surface area (Å²) in [6.07, 6.45) is 8.27. The van der Waals surface area contributed by atoms with Gasteiger partial charge in [-0.05, 0) is 28.4 Å². The van der Waals surface area contributed by atoms with Crippen LogP contribution in [0.3, 0.4) is 0 Å². The molecular formula is C11H10BrClN2O. The van der Waals surface area contributed by atoms with Crippen LogP contribution in [0, 0.1) is 12.3 Å². The Labute approximate surface area is 108 Å². The second kappa shape index (κ2) is 6.51. The molecule has 1 aromatic rings. The Hall–Kier alpha value is -1.05. The van der Waals surface area contributed by atoms with Gasteiger partial charge in [0.1, 0.15) is 0 Å². The van der Waals surface area contributed by atoms with E-state index in [9.17, 15) is 4.79 Å². The molecule has 0 atom stereocenters. The first-order valence-electron chi connectivity index (χ1n) is 4.68. The van der Waals surface area contributed by atoms with Crippen LogP contribution < -0.4 is 5.32 Å². The van der Waals surface area contributed by atoms with Crippen LogP contribution in [0.15, 0.2) is 16.7 Å². The molecule has 1 N–H and O–H groups in total. The van der Waals surface area contributed by atoms with Crippen molar-refractivity contribution < 1.29 is 4.79 Å². The van der Waals surface area contributed by atoms with Crippen molar-refractivity contribution in [3.05, 3.63) is 21.8 Å². The third-order valence-electron chi connectivity index (χ3n) is 1.82. The van der Waals surface area contributed by atoms with E-state index in [2.05, 4.69) is 32.2 Å². The van der Waals surface area contributed by atoms with Gasteiger partial charge in [-0.3, -0.25) is 4.79 Å². The van der Waals surface area contributed by atoms with E-state index in [4.69, 9.17) is 18.0 Å². The molecule has 0 aliphatic carbocycles. The van der Waals surface area contributed by atoms with E-state index in [1.807, 2.05) is 0 Å². The molecule has 0 bridgehead atoms. The van der Waals surface area contributed by atoms with E-state index in [0.29, 0.717) is 34.6 Å². The van der Waals surface area contributed by atoms with Crippen LogP contribution in [-0.4, -0.2) is 10.9 Å². The van der Waals surface area contributed by atoms with Crippen molar-refractivity contribution in [2.75, 3.05) is 5.32 Å². The highest BCUT2D eigenvalue weighted by Gasteiger charge is 2.08. The summed E-state index contributed by atoms with van der Waals surface area (Å²) in [5.74, 6) is 2.70. The van der Waals surface area contributed by atoms with Gasteiger partial charge in [-0.2, -0.15) is 0 Å². The molecule has 1 amide bonds. The van der Waals surface area contributed by atoms with Gasteiger partial charge in [0.25, 0.3) is 0 Å². The highest BCUT2D eigenvalue weighted by Crippen LogP contribution is 2.27. The van der Waals surface area contributed by atoms with E-state index in [-0.39, 0.29) is 5.91 Å². The lowest BCUT2D eigenvalue weighted by Crippen LogP contribution is -2.12. The first-order valence-corrected chi connectivity index (χ1v) is 5.85. The predicted molar refractivity (Wildman–Crippen MR) is 68.3 cm³/mol. The Kier molecular flexibility index (Phi) is 5.30. The number of aromatic nitrogens is 1. The van der Waals surface area contributed by atoms with Gasteiger partial charge in [-0.25, -0.2) is 4.98 Å². The molecule has 0 fully saturated rings. The number of amides is 1. The first kappa shape index (κ1) is 13.0. The molecule has 0 unspecified atom stereocenters. The van der Waals surface area contributed by atoms with Crippen LogP contribution in [0.4, 0.5) is 5.82 Å². The molecule has 0 radical (unpaired) electrons.